The van der Waals surface area contributed by atoms with Crippen molar-refractivity contribution in [2.75, 3.05) is 19.8 Å². The van der Waals surface area contributed by atoms with Gasteiger partial charge in [-0.1, -0.05) is 29.3 Å². The van der Waals surface area contributed by atoms with Crippen LogP contribution in [0.4, 0.5) is 9.18 Å². The summed E-state index contributed by atoms with van der Waals surface area (Å²) in [5, 5.41) is 3.81. The number of hydrogen-bond donors (Lipinski definition) is 1. The highest BCUT2D eigenvalue weighted by Gasteiger charge is 2.29. The zero-order valence-corrected chi connectivity index (χ0v) is 20.3. The smallest absolute Gasteiger partial charge is 0.318 e. The van der Waals surface area contributed by atoms with E-state index in [2.05, 4.69) is 20.3 Å². The Morgan fingerprint density at radius 2 is 2.17 bits per heavy atom. The number of urea groups is 1. The van der Waals surface area contributed by atoms with E-state index in [1.54, 1.807) is 35.5 Å². The number of hydrogen-bond acceptors (Lipinski definition) is 6. The van der Waals surface area contributed by atoms with Crippen LogP contribution in [0.25, 0.3) is 0 Å². The first kappa shape index (κ1) is 24.0. The van der Waals surface area contributed by atoms with Crippen LogP contribution in [-0.4, -0.2) is 51.8 Å². The Labute approximate surface area is 211 Å². The Hall–Kier alpha value is -2.75. The molecule has 2 aliphatic rings. The first-order valence-corrected chi connectivity index (χ1v) is 12.2. The van der Waals surface area contributed by atoms with E-state index in [0.29, 0.717) is 66.2 Å². The van der Waals surface area contributed by atoms with Crippen molar-refractivity contribution < 1.29 is 18.3 Å². The van der Waals surface area contributed by atoms with Gasteiger partial charge in [-0.2, -0.15) is 0 Å². The predicted molar refractivity (Wildman–Crippen MR) is 127 cm³/mol. The molecule has 35 heavy (non-hydrogen) atoms. The Kier molecular flexibility index (Phi) is 7.17. The van der Waals surface area contributed by atoms with Gasteiger partial charge >= 0.3 is 6.03 Å². The van der Waals surface area contributed by atoms with Gasteiger partial charge in [-0.05, 0) is 36.1 Å². The van der Waals surface area contributed by atoms with Crippen LogP contribution in [0.3, 0.4) is 0 Å². The number of fused-ring (bicyclic) bond motifs is 1. The molecule has 1 aromatic carbocycles. The van der Waals surface area contributed by atoms with Crippen molar-refractivity contribution in [2.24, 2.45) is 5.92 Å². The third-order valence-electron chi connectivity index (χ3n) is 6.43. The summed E-state index contributed by atoms with van der Waals surface area (Å²) in [6, 6.07) is 4.26. The largest absolute Gasteiger partial charge is 0.446 e. The van der Waals surface area contributed by atoms with E-state index in [1.165, 1.54) is 6.39 Å². The number of nitrogens with one attached hydrogen (secondary N) is 1. The molecule has 2 aliphatic heterocycles. The second-order valence-electron chi connectivity index (χ2n) is 8.73. The maximum atomic E-state index is 14.2. The van der Waals surface area contributed by atoms with Crippen LogP contribution < -0.4 is 5.32 Å². The molecule has 2 amide bonds. The number of oxazole rings is 1. The first-order valence-electron chi connectivity index (χ1n) is 11.4. The minimum absolute atomic E-state index is 0.120. The molecule has 3 atom stereocenters. The zero-order valence-electron chi connectivity index (χ0n) is 18.8. The molecule has 4 heterocycles. The number of ether oxygens (including phenoxy) is 1. The average molecular weight is 520 g/mol. The number of nitrogens with zero attached hydrogens (tertiary/aromatic N) is 4. The fourth-order valence-corrected chi connectivity index (χ4v) is 4.73. The van der Waals surface area contributed by atoms with Crippen molar-refractivity contribution in [3.63, 3.8) is 0 Å². The van der Waals surface area contributed by atoms with Crippen molar-refractivity contribution in [1.29, 1.82) is 0 Å². The standard InChI is InChI=1S/C24H24Cl2FN5O3/c25-17-2-1-15(7-18(17)26)23(21-10-28-13-35-21)31-24(33)32-5-3-16-9-29-22(30-20(16)11-32)8-14-4-6-34-12-19(14)27/h1-2,7,9-10,13-14,19,23H,3-6,8,11-12H2,(H,31,33)/t14-,19-,23+/m1/s1. The van der Waals surface area contributed by atoms with Gasteiger partial charge in [0.2, 0.25) is 0 Å². The van der Waals surface area contributed by atoms with Crippen LogP contribution in [-0.2, 0) is 24.1 Å². The van der Waals surface area contributed by atoms with Gasteiger partial charge in [0.05, 0.1) is 35.1 Å². The number of halogens is 3. The monoisotopic (exact) mass is 519 g/mol. The second-order valence-corrected chi connectivity index (χ2v) is 9.55. The number of aromatic nitrogens is 3. The third-order valence-corrected chi connectivity index (χ3v) is 7.17. The van der Waals surface area contributed by atoms with Crippen LogP contribution in [0.15, 0.2) is 41.4 Å². The minimum Gasteiger partial charge on any atom is -0.446 e. The number of carbonyl (C=O) groups excluding carboxylic acids is 1. The molecule has 5 rings (SSSR count). The third kappa shape index (κ3) is 5.42. The highest BCUT2D eigenvalue weighted by Crippen LogP contribution is 2.29. The van der Waals surface area contributed by atoms with Crippen LogP contribution in [0.2, 0.25) is 10.0 Å². The lowest BCUT2D eigenvalue weighted by Gasteiger charge is -2.30. The Balaban J connectivity index is 1.31. The van der Waals surface area contributed by atoms with Crippen molar-refractivity contribution in [3.05, 3.63) is 75.4 Å². The molecule has 0 bridgehead atoms. The summed E-state index contributed by atoms with van der Waals surface area (Å²) in [5.74, 6) is 0.908. The average Bonchev–Trinajstić information content (AvgIpc) is 3.40. The van der Waals surface area contributed by atoms with Crippen molar-refractivity contribution in [2.45, 2.75) is 38.0 Å². The van der Waals surface area contributed by atoms with Gasteiger partial charge in [0, 0.05) is 31.7 Å². The van der Waals surface area contributed by atoms with Crippen molar-refractivity contribution in [1.82, 2.24) is 25.2 Å². The molecule has 2 aromatic heterocycles. The fourth-order valence-electron chi connectivity index (χ4n) is 4.42. The van der Waals surface area contributed by atoms with E-state index in [1.807, 2.05) is 0 Å². The van der Waals surface area contributed by atoms with Gasteiger partial charge in [-0.15, -0.1) is 0 Å². The number of alkyl halides is 1. The molecule has 0 unspecified atom stereocenters. The molecule has 0 radical (unpaired) electrons. The molecule has 1 N–H and O–H groups in total. The molecule has 184 valence electrons. The van der Waals surface area contributed by atoms with Gasteiger partial charge < -0.3 is 19.4 Å². The summed E-state index contributed by atoms with van der Waals surface area (Å²) in [6.07, 6.45) is 5.37. The molecule has 1 saturated heterocycles. The summed E-state index contributed by atoms with van der Waals surface area (Å²) in [5.41, 5.74) is 2.49. The number of rotatable bonds is 5. The molecule has 0 spiro atoms. The summed E-state index contributed by atoms with van der Waals surface area (Å²) >= 11 is 12.3. The highest BCUT2D eigenvalue weighted by molar-refractivity contribution is 6.42. The summed E-state index contributed by atoms with van der Waals surface area (Å²) in [6.45, 7) is 1.51. The predicted octanol–water partition coefficient (Wildman–Crippen LogP) is 4.55. The maximum absolute atomic E-state index is 14.2. The lowest BCUT2D eigenvalue weighted by atomic mass is 9.94. The number of benzene rings is 1. The van der Waals surface area contributed by atoms with E-state index in [4.69, 9.17) is 32.4 Å². The van der Waals surface area contributed by atoms with E-state index < -0.39 is 12.2 Å². The van der Waals surface area contributed by atoms with Gasteiger partial charge in [0.15, 0.2) is 12.2 Å². The summed E-state index contributed by atoms with van der Waals surface area (Å²) < 4.78 is 24.9. The van der Waals surface area contributed by atoms with Crippen LogP contribution in [0.1, 0.15) is 40.9 Å². The number of carbonyl (C=O) groups is 1. The molecule has 11 heteroatoms. The SMILES string of the molecule is O=C(N[C@@H](c1ccc(Cl)c(Cl)c1)c1cnco1)N1CCc2cnc(C[C@H]3CCOC[C@H]3F)nc2C1. The Bertz CT molecular complexity index is 1200. The van der Waals surface area contributed by atoms with Crippen LogP contribution in [0, 0.1) is 5.92 Å². The Morgan fingerprint density at radius 1 is 1.29 bits per heavy atom. The zero-order chi connectivity index (χ0) is 24.4. The molecular formula is C24H24Cl2FN5O3. The first-order chi connectivity index (χ1) is 17.0. The maximum Gasteiger partial charge on any atom is 0.318 e. The normalized spacial score (nSPS) is 20.8. The molecule has 0 aliphatic carbocycles. The van der Waals surface area contributed by atoms with Crippen LogP contribution >= 0.6 is 23.2 Å². The van der Waals surface area contributed by atoms with E-state index in [-0.39, 0.29) is 18.6 Å². The highest BCUT2D eigenvalue weighted by atomic mass is 35.5. The second kappa shape index (κ2) is 10.5. The minimum atomic E-state index is -1.01. The molecule has 3 aromatic rings. The topological polar surface area (TPSA) is 93.4 Å². The molecule has 0 saturated carbocycles. The van der Waals surface area contributed by atoms with Crippen molar-refractivity contribution >= 4 is 29.2 Å². The number of amides is 2. The Morgan fingerprint density at radius 3 is 2.94 bits per heavy atom. The molecule has 1 fully saturated rings. The van der Waals surface area contributed by atoms with Gasteiger partial charge in [-0.3, -0.25) is 0 Å². The summed E-state index contributed by atoms with van der Waals surface area (Å²) in [4.78, 5) is 28.1. The lowest BCUT2D eigenvalue weighted by Crippen LogP contribution is -2.44. The lowest BCUT2D eigenvalue weighted by molar-refractivity contribution is -0.00177. The summed E-state index contributed by atoms with van der Waals surface area (Å²) in [7, 11) is 0. The molecular weight excluding hydrogens is 496 g/mol. The van der Waals surface area contributed by atoms with Crippen molar-refractivity contribution in [3.8, 4) is 0 Å². The molecule has 8 nitrogen and oxygen atoms in total. The van der Waals surface area contributed by atoms with E-state index >= 15 is 0 Å². The van der Waals surface area contributed by atoms with Crippen LogP contribution in [0.5, 0.6) is 0 Å². The van der Waals surface area contributed by atoms with Gasteiger partial charge in [0.25, 0.3) is 0 Å². The van der Waals surface area contributed by atoms with E-state index in [0.717, 1.165) is 11.3 Å². The fraction of sp³-hybridized carbons (Fsp3) is 0.417. The quantitative estimate of drug-likeness (QED) is 0.531. The van der Waals surface area contributed by atoms with Gasteiger partial charge in [0.1, 0.15) is 18.0 Å². The van der Waals surface area contributed by atoms with E-state index in [9.17, 15) is 9.18 Å². The van der Waals surface area contributed by atoms with Gasteiger partial charge in [-0.25, -0.2) is 24.1 Å².